The highest BCUT2D eigenvalue weighted by molar-refractivity contribution is 5.77. The molecule has 3 nitrogen and oxygen atoms in total. The van der Waals surface area contributed by atoms with Crippen molar-refractivity contribution in [2.75, 3.05) is 0 Å². The van der Waals surface area contributed by atoms with Crippen LogP contribution in [0.15, 0.2) is 0 Å². The van der Waals surface area contributed by atoms with E-state index >= 15 is 0 Å². The molecule has 1 unspecified atom stereocenters. The summed E-state index contributed by atoms with van der Waals surface area (Å²) in [6.45, 7) is 4.16. The van der Waals surface area contributed by atoms with Crippen LogP contribution in [0.2, 0.25) is 0 Å². The summed E-state index contributed by atoms with van der Waals surface area (Å²) in [5.74, 6) is 0.444. The summed E-state index contributed by atoms with van der Waals surface area (Å²) >= 11 is 0. The highest BCUT2D eigenvalue weighted by Gasteiger charge is 2.32. The Morgan fingerprint density at radius 3 is 2.41 bits per heavy atom. The average Bonchev–Trinajstić information content (AvgIpc) is 2.55. The number of nitriles is 1. The fraction of sp³-hybridized carbons (Fsp3) is 0.857. The molecule has 0 aromatic rings. The van der Waals surface area contributed by atoms with Crippen LogP contribution < -0.4 is 5.32 Å². The van der Waals surface area contributed by atoms with Crippen molar-refractivity contribution in [1.82, 2.24) is 5.32 Å². The van der Waals surface area contributed by atoms with Crippen molar-refractivity contribution >= 4 is 5.91 Å². The maximum absolute atomic E-state index is 11.9. The zero-order valence-corrected chi connectivity index (χ0v) is 11.1. The lowest BCUT2D eigenvalue weighted by Crippen LogP contribution is -2.47. The Bertz CT molecular complexity index is 285. The number of nitrogens with zero attached hydrogens (tertiary/aromatic N) is 1. The van der Waals surface area contributed by atoms with Crippen molar-refractivity contribution < 1.29 is 4.79 Å². The van der Waals surface area contributed by atoms with Crippen LogP contribution in [0.4, 0.5) is 0 Å². The molecule has 1 fully saturated rings. The Balaban J connectivity index is 2.55. The standard InChI is InChI=1S/C14H24N2O/c1-3-12(2)10-13(17)16-14(11-15)8-6-4-5-7-9-14/h12H,3-10H2,1-2H3,(H,16,17). The molecule has 0 radical (unpaired) electrons. The molecule has 96 valence electrons. The van der Waals surface area contributed by atoms with Gasteiger partial charge in [-0.25, -0.2) is 0 Å². The summed E-state index contributed by atoms with van der Waals surface area (Å²) in [5.41, 5.74) is -0.582. The van der Waals surface area contributed by atoms with E-state index in [1.807, 2.05) is 0 Å². The van der Waals surface area contributed by atoms with E-state index in [-0.39, 0.29) is 5.91 Å². The number of carbonyl (C=O) groups is 1. The van der Waals surface area contributed by atoms with Gasteiger partial charge in [-0.2, -0.15) is 5.26 Å². The van der Waals surface area contributed by atoms with Gasteiger partial charge in [0.1, 0.15) is 5.54 Å². The molecule has 0 aromatic carbocycles. The summed E-state index contributed by atoms with van der Waals surface area (Å²) in [7, 11) is 0. The van der Waals surface area contributed by atoms with Gasteiger partial charge in [0.15, 0.2) is 0 Å². The topological polar surface area (TPSA) is 52.9 Å². The minimum atomic E-state index is -0.582. The summed E-state index contributed by atoms with van der Waals surface area (Å²) in [6.07, 6.45) is 7.65. The van der Waals surface area contributed by atoms with Crippen molar-refractivity contribution in [2.45, 2.75) is 70.8 Å². The normalized spacial score (nSPS) is 21.0. The summed E-state index contributed by atoms with van der Waals surface area (Å²) in [4.78, 5) is 11.9. The fourth-order valence-corrected chi connectivity index (χ4v) is 2.38. The molecule has 1 saturated carbocycles. The van der Waals surface area contributed by atoms with Crippen molar-refractivity contribution in [3.05, 3.63) is 0 Å². The summed E-state index contributed by atoms with van der Waals surface area (Å²) in [6, 6.07) is 2.35. The van der Waals surface area contributed by atoms with Gasteiger partial charge in [0.05, 0.1) is 6.07 Å². The molecule has 0 aromatic heterocycles. The zero-order chi connectivity index (χ0) is 12.7. The second-order valence-corrected chi connectivity index (χ2v) is 5.37. The Labute approximate surface area is 105 Å². The van der Waals surface area contributed by atoms with E-state index in [1.54, 1.807) is 0 Å². The van der Waals surface area contributed by atoms with E-state index in [2.05, 4.69) is 25.2 Å². The van der Waals surface area contributed by atoms with Crippen molar-refractivity contribution in [1.29, 1.82) is 5.26 Å². The van der Waals surface area contributed by atoms with Gasteiger partial charge < -0.3 is 5.32 Å². The van der Waals surface area contributed by atoms with Gasteiger partial charge in [-0.15, -0.1) is 0 Å². The van der Waals surface area contributed by atoms with Crippen molar-refractivity contribution in [2.24, 2.45) is 5.92 Å². The SMILES string of the molecule is CCC(C)CC(=O)NC1(C#N)CCCCCC1. The molecule has 0 bridgehead atoms. The Hall–Kier alpha value is -1.04. The van der Waals surface area contributed by atoms with Gasteiger partial charge in [-0.05, 0) is 18.8 Å². The van der Waals surface area contributed by atoms with Crippen LogP contribution >= 0.6 is 0 Å². The highest BCUT2D eigenvalue weighted by Crippen LogP contribution is 2.26. The van der Waals surface area contributed by atoms with E-state index in [0.717, 1.165) is 32.1 Å². The van der Waals surface area contributed by atoms with Gasteiger partial charge >= 0.3 is 0 Å². The van der Waals surface area contributed by atoms with Gasteiger partial charge in [-0.3, -0.25) is 4.79 Å². The molecule has 0 saturated heterocycles. The van der Waals surface area contributed by atoms with Crippen molar-refractivity contribution in [3.63, 3.8) is 0 Å². The van der Waals surface area contributed by atoms with Gasteiger partial charge in [0.2, 0.25) is 5.91 Å². The first-order chi connectivity index (χ1) is 8.12. The van der Waals surface area contributed by atoms with Crippen LogP contribution in [0, 0.1) is 17.2 Å². The zero-order valence-electron chi connectivity index (χ0n) is 11.1. The lowest BCUT2D eigenvalue weighted by Gasteiger charge is -2.26. The van der Waals surface area contributed by atoms with Crippen LogP contribution in [0.3, 0.4) is 0 Å². The molecule has 0 heterocycles. The third-order valence-corrected chi connectivity index (χ3v) is 3.78. The molecule has 17 heavy (non-hydrogen) atoms. The van der Waals surface area contributed by atoms with E-state index < -0.39 is 5.54 Å². The number of nitrogens with one attached hydrogen (secondary N) is 1. The van der Waals surface area contributed by atoms with Gasteiger partial charge in [0, 0.05) is 6.42 Å². The highest BCUT2D eigenvalue weighted by atomic mass is 16.1. The predicted molar refractivity (Wildman–Crippen MR) is 68.3 cm³/mol. The number of rotatable bonds is 4. The van der Waals surface area contributed by atoms with Crippen LogP contribution in [-0.4, -0.2) is 11.4 Å². The number of carbonyl (C=O) groups excluding carboxylic acids is 1. The number of amides is 1. The second-order valence-electron chi connectivity index (χ2n) is 5.37. The molecule has 1 aliphatic rings. The first-order valence-electron chi connectivity index (χ1n) is 6.84. The minimum Gasteiger partial charge on any atom is -0.338 e. The largest absolute Gasteiger partial charge is 0.338 e. The Kier molecular flexibility index (Phi) is 5.47. The van der Waals surface area contributed by atoms with Gasteiger partial charge in [0.25, 0.3) is 0 Å². The molecule has 3 heteroatoms. The van der Waals surface area contributed by atoms with Gasteiger partial charge in [-0.1, -0.05) is 46.0 Å². The number of hydrogen-bond donors (Lipinski definition) is 1. The lowest BCUT2D eigenvalue weighted by atomic mass is 9.91. The number of hydrogen-bond acceptors (Lipinski definition) is 2. The van der Waals surface area contributed by atoms with E-state index in [4.69, 9.17) is 0 Å². The predicted octanol–water partition coefficient (Wildman–Crippen LogP) is 3.16. The van der Waals surface area contributed by atoms with Crippen LogP contribution in [0.5, 0.6) is 0 Å². The van der Waals surface area contributed by atoms with Crippen molar-refractivity contribution in [3.8, 4) is 6.07 Å². The molecule has 0 spiro atoms. The molecule has 1 atom stereocenters. The first kappa shape index (κ1) is 14.0. The quantitative estimate of drug-likeness (QED) is 0.762. The maximum atomic E-state index is 11.9. The van der Waals surface area contributed by atoms with E-state index in [9.17, 15) is 10.1 Å². The van der Waals surface area contributed by atoms with Crippen LogP contribution in [0.25, 0.3) is 0 Å². The average molecular weight is 236 g/mol. The fourth-order valence-electron chi connectivity index (χ4n) is 2.38. The summed E-state index contributed by atoms with van der Waals surface area (Å²) < 4.78 is 0. The van der Waals surface area contributed by atoms with Crippen LogP contribution in [-0.2, 0) is 4.79 Å². The molecule has 1 amide bonds. The lowest BCUT2D eigenvalue weighted by molar-refractivity contribution is -0.123. The molecular weight excluding hydrogens is 212 g/mol. The monoisotopic (exact) mass is 236 g/mol. The van der Waals surface area contributed by atoms with E-state index in [0.29, 0.717) is 12.3 Å². The third kappa shape index (κ3) is 4.38. The first-order valence-corrected chi connectivity index (χ1v) is 6.84. The Morgan fingerprint density at radius 2 is 1.94 bits per heavy atom. The molecule has 0 aliphatic heterocycles. The third-order valence-electron chi connectivity index (χ3n) is 3.78. The second kappa shape index (κ2) is 6.64. The van der Waals surface area contributed by atoms with Crippen LogP contribution in [0.1, 0.15) is 65.2 Å². The minimum absolute atomic E-state index is 0.0443. The molecule has 1 aliphatic carbocycles. The van der Waals surface area contributed by atoms with E-state index in [1.165, 1.54) is 12.8 Å². The summed E-state index contributed by atoms with van der Waals surface area (Å²) in [5, 5.41) is 12.3. The maximum Gasteiger partial charge on any atom is 0.221 e. The molecule has 1 N–H and O–H groups in total. The Morgan fingerprint density at radius 1 is 1.35 bits per heavy atom. The smallest absolute Gasteiger partial charge is 0.221 e. The molecule has 1 rings (SSSR count). The molecular formula is C14H24N2O.